The largest absolute Gasteiger partial charge is 0.484 e. The van der Waals surface area contributed by atoms with Gasteiger partial charge in [-0.25, -0.2) is 9.67 Å². The topological polar surface area (TPSA) is 94.0 Å². The molecule has 128 valence electrons. The molecule has 0 aliphatic rings. The number of rotatable bonds is 7. The van der Waals surface area contributed by atoms with Gasteiger partial charge in [0.15, 0.2) is 12.4 Å². The molecule has 1 amide bonds. The first-order valence-electron chi connectivity index (χ1n) is 7.73. The van der Waals surface area contributed by atoms with E-state index in [1.807, 2.05) is 36.5 Å². The predicted molar refractivity (Wildman–Crippen MR) is 92.5 cm³/mol. The van der Waals surface area contributed by atoms with E-state index in [2.05, 4.69) is 25.7 Å². The van der Waals surface area contributed by atoms with Crippen LogP contribution in [0.5, 0.6) is 5.75 Å². The van der Waals surface area contributed by atoms with Crippen LogP contribution < -0.4 is 15.4 Å². The summed E-state index contributed by atoms with van der Waals surface area (Å²) in [7, 11) is 1.57. The van der Waals surface area contributed by atoms with E-state index >= 15 is 0 Å². The van der Waals surface area contributed by atoms with E-state index in [0.717, 1.165) is 5.56 Å². The Morgan fingerprint density at radius 3 is 2.80 bits per heavy atom. The lowest BCUT2D eigenvalue weighted by molar-refractivity contribution is -0.122. The molecular formula is C17H18N6O2. The quantitative estimate of drug-likeness (QED) is 0.676. The van der Waals surface area contributed by atoms with Gasteiger partial charge in [0.2, 0.25) is 0 Å². The van der Waals surface area contributed by atoms with Crippen LogP contribution in [0.4, 0.5) is 5.82 Å². The van der Waals surface area contributed by atoms with Gasteiger partial charge in [-0.05, 0) is 23.8 Å². The summed E-state index contributed by atoms with van der Waals surface area (Å²) in [6.07, 6.45) is 6.81. The van der Waals surface area contributed by atoms with Gasteiger partial charge in [-0.2, -0.15) is 5.10 Å². The first kappa shape index (κ1) is 16.4. The van der Waals surface area contributed by atoms with Crippen LogP contribution >= 0.6 is 0 Å². The van der Waals surface area contributed by atoms with Crippen molar-refractivity contribution >= 4 is 11.7 Å². The molecule has 8 nitrogen and oxygen atoms in total. The molecule has 0 fully saturated rings. The molecule has 2 N–H and O–H groups in total. The molecule has 0 saturated carbocycles. The third-order valence-electron chi connectivity index (χ3n) is 3.41. The van der Waals surface area contributed by atoms with E-state index in [4.69, 9.17) is 4.74 Å². The number of carbonyl (C=O) groups is 1. The molecular weight excluding hydrogens is 320 g/mol. The van der Waals surface area contributed by atoms with Gasteiger partial charge >= 0.3 is 0 Å². The van der Waals surface area contributed by atoms with E-state index in [1.54, 1.807) is 30.3 Å². The Hall–Kier alpha value is -3.42. The minimum atomic E-state index is -0.165. The van der Waals surface area contributed by atoms with Crippen LogP contribution in [-0.2, 0) is 11.3 Å². The van der Waals surface area contributed by atoms with Gasteiger partial charge in [0.1, 0.15) is 11.6 Å². The molecule has 0 bridgehead atoms. The average molecular weight is 338 g/mol. The van der Waals surface area contributed by atoms with E-state index in [9.17, 15) is 4.79 Å². The van der Waals surface area contributed by atoms with Crippen LogP contribution in [0, 0.1) is 0 Å². The molecule has 0 aliphatic heterocycles. The summed E-state index contributed by atoms with van der Waals surface area (Å²) in [6.45, 7) is 0.594. The lowest BCUT2D eigenvalue weighted by atomic mass is 10.2. The SMILES string of the molecule is CNC(=O)COc1ccc(CNc2cncc(-n3cccn3)n2)cc1. The van der Waals surface area contributed by atoms with Crippen LogP contribution in [0.3, 0.4) is 0 Å². The highest BCUT2D eigenvalue weighted by Gasteiger charge is 2.03. The summed E-state index contributed by atoms with van der Waals surface area (Å²) in [4.78, 5) is 19.8. The fourth-order valence-corrected chi connectivity index (χ4v) is 2.07. The summed E-state index contributed by atoms with van der Waals surface area (Å²) in [5.41, 5.74) is 1.05. The second-order valence-corrected chi connectivity index (χ2v) is 5.17. The van der Waals surface area contributed by atoms with Gasteiger partial charge < -0.3 is 15.4 Å². The van der Waals surface area contributed by atoms with Crippen molar-refractivity contribution < 1.29 is 9.53 Å². The number of carbonyl (C=O) groups excluding carboxylic acids is 1. The van der Waals surface area contributed by atoms with Crippen LogP contribution in [0.2, 0.25) is 0 Å². The Balaban J connectivity index is 1.57. The molecule has 0 atom stereocenters. The second kappa shape index (κ2) is 7.91. The Labute approximate surface area is 144 Å². The lowest BCUT2D eigenvalue weighted by Gasteiger charge is -2.09. The van der Waals surface area contributed by atoms with Crippen LogP contribution in [0.1, 0.15) is 5.56 Å². The maximum atomic E-state index is 11.2. The standard InChI is InChI=1S/C17H18N6O2/c1-18-17(24)12-25-14-5-3-13(4-6-14)9-20-15-10-19-11-16(22-15)23-8-2-7-21-23/h2-8,10-11H,9,12H2,1H3,(H,18,24)(H,20,22). The van der Waals surface area contributed by atoms with E-state index in [1.165, 1.54) is 0 Å². The molecule has 2 aromatic heterocycles. The van der Waals surface area contributed by atoms with E-state index < -0.39 is 0 Å². The Kier molecular flexibility index (Phi) is 5.20. The fraction of sp³-hybridized carbons (Fsp3) is 0.176. The maximum Gasteiger partial charge on any atom is 0.257 e. The molecule has 3 aromatic rings. The Bertz CT molecular complexity index is 817. The number of hydrogen-bond donors (Lipinski definition) is 2. The zero-order valence-electron chi connectivity index (χ0n) is 13.7. The lowest BCUT2D eigenvalue weighted by Crippen LogP contribution is -2.24. The Morgan fingerprint density at radius 2 is 2.08 bits per heavy atom. The molecule has 8 heteroatoms. The molecule has 0 unspecified atom stereocenters. The van der Waals surface area contributed by atoms with Crippen molar-refractivity contribution in [2.45, 2.75) is 6.54 Å². The number of likely N-dealkylation sites (N-methyl/N-ethyl adjacent to an activating group) is 1. The number of anilines is 1. The zero-order chi connectivity index (χ0) is 17.5. The minimum Gasteiger partial charge on any atom is -0.484 e. The van der Waals surface area contributed by atoms with Crippen molar-refractivity contribution in [1.29, 1.82) is 0 Å². The minimum absolute atomic E-state index is 0.00388. The monoisotopic (exact) mass is 338 g/mol. The van der Waals surface area contributed by atoms with Gasteiger partial charge in [0.05, 0.1) is 12.4 Å². The van der Waals surface area contributed by atoms with Crippen molar-refractivity contribution in [2.75, 3.05) is 19.0 Å². The first-order chi connectivity index (χ1) is 12.2. The number of aromatic nitrogens is 4. The highest BCUT2D eigenvalue weighted by molar-refractivity contribution is 5.77. The number of ether oxygens (including phenoxy) is 1. The number of benzene rings is 1. The molecule has 0 spiro atoms. The second-order valence-electron chi connectivity index (χ2n) is 5.17. The van der Waals surface area contributed by atoms with E-state index in [-0.39, 0.29) is 12.5 Å². The summed E-state index contributed by atoms with van der Waals surface area (Å²) >= 11 is 0. The van der Waals surface area contributed by atoms with Crippen molar-refractivity contribution in [1.82, 2.24) is 25.1 Å². The molecule has 3 rings (SSSR count). The summed E-state index contributed by atoms with van der Waals surface area (Å²) in [6, 6.07) is 9.33. The third kappa shape index (κ3) is 4.54. The predicted octanol–water partition coefficient (Wildman–Crippen LogP) is 1.40. The zero-order valence-corrected chi connectivity index (χ0v) is 13.7. The summed E-state index contributed by atoms with van der Waals surface area (Å²) in [5, 5.41) is 9.86. The number of amides is 1. The van der Waals surface area contributed by atoms with Crippen LogP contribution in [-0.4, -0.2) is 39.3 Å². The highest BCUT2D eigenvalue weighted by atomic mass is 16.5. The molecule has 1 aromatic carbocycles. The highest BCUT2D eigenvalue weighted by Crippen LogP contribution is 2.13. The van der Waals surface area contributed by atoms with Crippen LogP contribution in [0.25, 0.3) is 5.82 Å². The fourth-order valence-electron chi connectivity index (χ4n) is 2.07. The molecule has 0 aliphatic carbocycles. The molecule has 0 radical (unpaired) electrons. The van der Waals surface area contributed by atoms with Gasteiger partial charge in [0, 0.05) is 26.0 Å². The van der Waals surface area contributed by atoms with Crippen molar-refractivity contribution in [3.05, 3.63) is 60.7 Å². The van der Waals surface area contributed by atoms with Gasteiger partial charge in [-0.3, -0.25) is 9.78 Å². The van der Waals surface area contributed by atoms with Gasteiger partial charge in [-0.1, -0.05) is 12.1 Å². The third-order valence-corrected chi connectivity index (χ3v) is 3.41. The van der Waals surface area contributed by atoms with Crippen LogP contribution in [0.15, 0.2) is 55.1 Å². The number of hydrogen-bond acceptors (Lipinski definition) is 6. The smallest absolute Gasteiger partial charge is 0.257 e. The normalized spacial score (nSPS) is 10.3. The van der Waals surface area contributed by atoms with Gasteiger partial charge in [0.25, 0.3) is 5.91 Å². The van der Waals surface area contributed by atoms with Crippen molar-refractivity contribution in [3.63, 3.8) is 0 Å². The van der Waals surface area contributed by atoms with E-state index in [0.29, 0.717) is 23.9 Å². The maximum absolute atomic E-state index is 11.2. The van der Waals surface area contributed by atoms with Gasteiger partial charge in [-0.15, -0.1) is 0 Å². The average Bonchev–Trinajstić information content (AvgIpc) is 3.20. The molecule has 2 heterocycles. The summed E-state index contributed by atoms with van der Waals surface area (Å²) < 4.78 is 7.02. The number of nitrogens with one attached hydrogen (secondary N) is 2. The molecule has 25 heavy (non-hydrogen) atoms. The number of nitrogens with zero attached hydrogens (tertiary/aromatic N) is 4. The van der Waals surface area contributed by atoms with Crippen molar-refractivity contribution in [2.24, 2.45) is 0 Å². The summed E-state index contributed by atoms with van der Waals surface area (Å²) in [5.74, 6) is 1.79. The van der Waals surface area contributed by atoms with Crippen molar-refractivity contribution in [3.8, 4) is 11.6 Å². The Morgan fingerprint density at radius 1 is 1.24 bits per heavy atom. The molecule has 0 saturated heterocycles. The first-order valence-corrected chi connectivity index (χ1v) is 7.73.